The Balaban J connectivity index is 1.55. The molecule has 1 aromatic carbocycles. The second kappa shape index (κ2) is 9.68. The summed E-state index contributed by atoms with van der Waals surface area (Å²) in [5, 5.41) is 8.98. The molecule has 1 amide bonds. The number of hydrogen-bond acceptors (Lipinski definition) is 5. The maximum absolute atomic E-state index is 12.8. The molecule has 1 aromatic heterocycles. The highest BCUT2D eigenvalue weighted by Crippen LogP contribution is 2.32. The molecule has 152 valence electrons. The first-order chi connectivity index (χ1) is 13.5. The van der Waals surface area contributed by atoms with Crippen LogP contribution in [0.3, 0.4) is 0 Å². The third kappa shape index (κ3) is 5.79. The molecule has 9 heteroatoms. The lowest BCUT2D eigenvalue weighted by atomic mass is 9.94. The van der Waals surface area contributed by atoms with Gasteiger partial charge in [0.15, 0.2) is 11.5 Å². The van der Waals surface area contributed by atoms with Crippen LogP contribution in [0.25, 0.3) is 0 Å². The number of aromatic nitrogens is 1. The highest BCUT2D eigenvalue weighted by atomic mass is 32.1. The van der Waals surface area contributed by atoms with E-state index in [1.807, 2.05) is 6.07 Å². The second-order valence-electron chi connectivity index (χ2n) is 6.65. The largest absolute Gasteiger partial charge is 0.490 e. The Morgan fingerprint density at radius 1 is 1.32 bits per heavy atom. The molecule has 6 nitrogen and oxygen atoms in total. The van der Waals surface area contributed by atoms with E-state index in [2.05, 4.69) is 9.72 Å². The number of benzene rings is 1. The van der Waals surface area contributed by atoms with Gasteiger partial charge in [0.1, 0.15) is 0 Å². The SMILES string of the molecule is O=C(O)N1CCC(CCOc2ccc(Cc3cncs3)cc2OC(F)F)CC1. The first kappa shape index (κ1) is 20.3. The van der Waals surface area contributed by atoms with Crippen LogP contribution in [0.4, 0.5) is 13.6 Å². The van der Waals surface area contributed by atoms with Gasteiger partial charge in [-0.25, -0.2) is 4.79 Å². The van der Waals surface area contributed by atoms with Gasteiger partial charge in [-0.2, -0.15) is 8.78 Å². The Kier molecular flexibility index (Phi) is 7.02. The lowest BCUT2D eigenvalue weighted by molar-refractivity contribution is -0.0516. The number of halogens is 2. The average molecular weight is 412 g/mol. The van der Waals surface area contributed by atoms with E-state index in [1.165, 1.54) is 16.2 Å². The molecule has 3 rings (SSSR count). The Labute approximate surface area is 165 Å². The van der Waals surface area contributed by atoms with Gasteiger partial charge in [0.2, 0.25) is 0 Å². The Morgan fingerprint density at radius 3 is 2.75 bits per heavy atom. The molecule has 0 spiro atoms. The van der Waals surface area contributed by atoms with E-state index in [-0.39, 0.29) is 11.5 Å². The maximum atomic E-state index is 12.8. The fourth-order valence-corrected chi connectivity index (χ4v) is 3.88. The zero-order valence-electron chi connectivity index (χ0n) is 15.2. The van der Waals surface area contributed by atoms with Gasteiger partial charge in [-0.15, -0.1) is 11.3 Å². The fourth-order valence-electron chi connectivity index (χ4n) is 3.25. The smallest absolute Gasteiger partial charge is 0.407 e. The first-order valence-corrected chi connectivity index (χ1v) is 9.95. The molecule has 28 heavy (non-hydrogen) atoms. The van der Waals surface area contributed by atoms with Crippen LogP contribution in [0.2, 0.25) is 0 Å². The van der Waals surface area contributed by atoms with Crippen LogP contribution in [-0.4, -0.2) is 47.4 Å². The van der Waals surface area contributed by atoms with Crippen molar-refractivity contribution in [1.82, 2.24) is 9.88 Å². The normalized spacial score (nSPS) is 15.0. The molecular formula is C19H22F2N2O4S. The molecule has 1 N–H and O–H groups in total. The quantitative estimate of drug-likeness (QED) is 0.692. The van der Waals surface area contributed by atoms with Crippen molar-refractivity contribution in [1.29, 1.82) is 0 Å². The summed E-state index contributed by atoms with van der Waals surface area (Å²) in [4.78, 5) is 17.4. The summed E-state index contributed by atoms with van der Waals surface area (Å²) in [5.74, 6) is 0.676. The standard InChI is InChI=1S/C19H22F2N2O4S/c20-18(21)27-17-10-14(9-15-11-22-12-28-15)1-2-16(17)26-8-5-13-3-6-23(7-4-13)19(24)25/h1-2,10-13,18H,3-9H2,(H,24,25). The van der Waals surface area contributed by atoms with E-state index in [0.29, 0.717) is 32.0 Å². The number of carboxylic acid groups (broad SMARTS) is 1. The number of amides is 1. The Bertz CT molecular complexity index is 765. The third-order valence-corrected chi connectivity index (χ3v) is 5.53. The molecule has 0 radical (unpaired) electrons. The van der Waals surface area contributed by atoms with Gasteiger partial charge in [-0.3, -0.25) is 4.98 Å². The number of thiazole rings is 1. The number of nitrogens with zero attached hydrogens (tertiary/aromatic N) is 2. The van der Waals surface area contributed by atoms with Crippen molar-refractivity contribution in [2.24, 2.45) is 5.92 Å². The van der Waals surface area contributed by atoms with Crippen molar-refractivity contribution in [3.63, 3.8) is 0 Å². The van der Waals surface area contributed by atoms with Crippen molar-refractivity contribution in [2.75, 3.05) is 19.7 Å². The van der Waals surface area contributed by atoms with Crippen LogP contribution in [0.15, 0.2) is 29.9 Å². The van der Waals surface area contributed by atoms with Crippen molar-refractivity contribution in [3.8, 4) is 11.5 Å². The van der Waals surface area contributed by atoms with Gasteiger partial charge in [0, 0.05) is 30.6 Å². The minimum Gasteiger partial charge on any atom is -0.490 e. The van der Waals surface area contributed by atoms with Gasteiger partial charge >= 0.3 is 12.7 Å². The molecule has 2 aromatic rings. The predicted molar refractivity (Wildman–Crippen MR) is 100 cm³/mol. The number of piperidine rings is 1. The zero-order chi connectivity index (χ0) is 19.9. The molecule has 0 aliphatic carbocycles. The topological polar surface area (TPSA) is 71.9 Å². The first-order valence-electron chi connectivity index (χ1n) is 9.07. The number of rotatable bonds is 8. The molecule has 1 aliphatic heterocycles. The molecule has 1 saturated heterocycles. The molecule has 0 unspecified atom stereocenters. The molecule has 1 fully saturated rings. The van der Waals surface area contributed by atoms with Gasteiger partial charge in [0.05, 0.1) is 12.1 Å². The third-order valence-electron chi connectivity index (χ3n) is 4.75. The van der Waals surface area contributed by atoms with Crippen molar-refractivity contribution in [3.05, 3.63) is 40.3 Å². The lowest BCUT2D eigenvalue weighted by Gasteiger charge is -2.29. The number of hydrogen-bond donors (Lipinski definition) is 1. The monoisotopic (exact) mass is 412 g/mol. The minimum atomic E-state index is -2.93. The highest BCUT2D eigenvalue weighted by Gasteiger charge is 2.22. The van der Waals surface area contributed by atoms with Crippen LogP contribution < -0.4 is 9.47 Å². The second-order valence-corrected chi connectivity index (χ2v) is 7.63. The molecule has 0 bridgehead atoms. The average Bonchev–Trinajstić information content (AvgIpc) is 3.16. The van der Waals surface area contributed by atoms with Crippen LogP contribution >= 0.6 is 11.3 Å². The molecule has 1 aliphatic rings. The van der Waals surface area contributed by atoms with E-state index in [4.69, 9.17) is 9.84 Å². The maximum Gasteiger partial charge on any atom is 0.407 e. The molecule has 0 atom stereocenters. The predicted octanol–water partition coefficient (Wildman–Crippen LogP) is 4.49. The molecule has 2 heterocycles. The summed E-state index contributed by atoms with van der Waals surface area (Å²) < 4.78 is 35.9. The summed E-state index contributed by atoms with van der Waals surface area (Å²) in [6.45, 7) is -1.52. The van der Waals surface area contributed by atoms with Gasteiger partial charge in [0.25, 0.3) is 0 Å². The molecule has 0 saturated carbocycles. The van der Waals surface area contributed by atoms with E-state index >= 15 is 0 Å². The van der Waals surface area contributed by atoms with E-state index < -0.39 is 12.7 Å². The highest BCUT2D eigenvalue weighted by molar-refractivity contribution is 7.09. The van der Waals surface area contributed by atoms with E-state index in [0.717, 1.165) is 29.7 Å². The summed E-state index contributed by atoms with van der Waals surface area (Å²) in [6, 6.07) is 5.06. The zero-order valence-corrected chi connectivity index (χ0v) is 16.0. The van der Waals surface area contributed by atoms with Gasteiger partial charge in [-0.1, -0.05) is 6.07 Å². The summed E-state index contributed by atoms with van der Waals surface area (Å²) in [7, 11) is 0. The van der Waals surface area contributed by atoms with Crippen molar-refractivity contribution < 1.29 is 28.2 Å². The van der Waals surface area contributed by atoms with Crippen LogP contribution in [0.1, 0.15) is 29.7 Å². The van der Waals surface area contributed by atoms with Crippen LogP contribution in [0.5, 0.6) is 11.5 Å². The summed E-state index contributed by atoms with van der Waals surface area (Å²) in [6.07, 6.45) is 3.75. The van der Waals surface area contributed by atoms with Gasteiger partial charge < -0.3 is 19.5 Å². The number of ether oxygens (including phenoxy) is 2. The van der Waals surface area contributed by atoms with Crippen molar-refractivity contribution in [2.45, 2.75) is 32.3 Å². The van der Waals surface area contributed by atoms with Crippen LogP contribution in [0, 0.1) is 5.92 Å². The number of likely N-dealkylation sites (tertiary alicyclic amines) is 1. The Hall–Kier alpha value is -2.42. The number of carbonyl (C=O) groups is 1. The van der Waals surface area contributed by atoms with Gasteiger partial charge in [-0.05, 0) is 42.9 Å². The summed E-state index contributed by atoms with van der Waals surface area (Å²) >= 11 is 1.50. The molecular weight excluding hydrogens is 390 g/mol. The fraction of sp³-hybridized carbons (Fsp3) is 0.474. The van der Waals surface area contributed by atoms with E-state index in [1.54, 1.807) is 23.8 Å². The van der Waals surface area contributed by atoms with E-state index in [9.17, 15) is 13.6 Å². The number of alkyl halides is 2. The lowest BCUT2D eigenvalue weighted by Crippen LogP contribution is -2.37. The minimum absolute atomic E-state index is 0.0257. The van der Waals surface area contributed by atoms with Crippen molar-refractivity contribution >= 4 is 17.4 Å². The summed E-state index contributed by atoms with van der Waals surface area (Å²) in [5.41, 5.74) is 2.57. The Morgan fingerprint density at radius 2 is 2.11 bits per heavy atom. The van der Waals surface area contributed by atoms with Crippen LogP contribution in [-0.2, 0) is 6.42 Å².